The van der Waals surface area contributed by atoms with Crippen molar-refractivity contribution in [2.24, 2.45) is 0 Å². The number of carbonyl (C=O) groups excluding carboxylic acids is 2. The summed E-state index contributed by atoms with van der Waals surface area (Å²) in [5, 5.41) is 3.94. The number of carbonyl (C=O) groups is 2. The first-order valence-electron chi connectivity index (χ1n) is 10.5. The zero-order valence-corrected chi connectivity index (χ0v) is 16.8. The molecule has 0 radical (unpaired) electrons. The number of anilines is 1. The van der Waals surface area contributed by atoms with Gasteiger partial charge in [0.05, 0.1) is 25.9 Å². The fourth-order valence-electron chi connectivity index (χ4n) is 4.31. The number of nitrogens with zero attached hydrogens (tertiary/aromatic N) is 1. The van der Waals surface area contributed by atoms with Crippen molar-refractivity contribution in [2.45, 2.75) is 25.7 Å². The molecule has 154 valence electrons. The van der Waals surface area contributed by atoms with Gasteiger partial charge in [0.25, 0.3) is 5.91 Å². The fraction of sp³-hybridized carbons (Fsp3) is 0.333. The second-order valence-corrected chi connectivity index (χ2v) is 7.94. The summed E-state index contributed by atoms with van der Waals surface area (Å²) in [6.07, 6.45) is 5.31. The maximum absolute atomic E-state index is 12.6. The van der Waals surface area contributed by atoms with Crippen molar-refractivity contribution in [3.05, 3.63) is 64.9 Å². The molecule has 0 spiro atoms. The number of benzene rings is 2. The topological polar surface area (TPSA) is 71.8 Å². The second kappa shape index (κ2) is 7.95. The molecule has 0 unspecified atom stereocenters. The van der Waals surface area contributed by atoms with Crippen LogP contribution in [-0.4, -0.2) is 43.0 Å². The van der Waals surface area contributed by atoms with E-state index in [4.69, 9.17) is 9.15 Å². The lowest BCUT2D eigenvalue weighted by atomic mass is 10.0. The maximum atomic E-state index is 12.6. The molecule has 6 heteroatoms. The van der Waals surface area contributed by atoms with Gasteiger partial charge >= 0.3 is 0 Å². The quantitative estimate of drug-likeness (QED) is 0.722. The molecule has 30 heavy (non-hydrogen) atoms. The van der Waals surface area contributed by atoms with Crippen LogP contribution >= 0.6 is 0 Å². The molecule has 1 saturated heterocycles. The Morgan fingerprint density at radius 1 is 1.00 bits per heavy atom. The maximum Gasteiger partial charge on any atom is 0.254 e. The van der Waals surface area contributed by atoms with Crippen LogP contribution in [-0.2, 0) is 28.8 Å². The third kappa shape index (κ3) is 3.71. The van der Waals surface area contributed by atoms with Gasteiger partial charge in [0.15, 0.2) is 0 Å². The molecule has 1 N–H and O–H groups in total. The molecule has 1 aliphatic heterocycles. The van der Waals surface area contributed by atoms with E-state index < -0.39 is 0 Å². The molecular weight excluding hydrogens is 380 g/mol. The van der Waals surface area contributed by atoms with Crippen LogP contribution in [0.25, 0.3) is 11.0 Å². The molecular formula is C24H24N2O4. The molecule has 1 aliphatic carbocycles. The molecule has 3 aromatic rings. The van der Waals surface area contributed by atoms with Gasteiger partial charge in [0, 0.05) is 35.3 Å². The summed E-state index contributed by atoms with van der Waals surface area (Å²) in [6.45, 7) is 2.37. The number of nitrogens with one attached hydrogen (secondary N) is 1. The van der Waals surface area contributed by atoms with Gasteiger partial charge in [-0.15, -0.1) is 0 Å². The minimum absolute atomic E-state index is 0.00595. The van der Waals surface area contributed by atoms with Crippen molar-refractivity contribution < 1.29 is 18.7 Å². The first-order chi connectivity index (χ1) is 14.7. The van der Waals surface area contributed by atoms with Gasteiger partial charge in [0.2, 0.25) is 5.91 Å². The molecule has 5 rings (SSSR count). The highest BCUT2D eigenvalue weighted by molar-refractivity contribution is 5.97. The van der Waals surface area contributed by atoms with Gasteiger partial charge in [-0.05, 0) is 66.8 Å². The van der Waals surface area contributed by atoms with Crippen molar-refractivity contribution in [1.29, 1.82) is 0 Å². The van der Waals surface area contributed by atoms with Gasteiger partial charge in [-0.2, -0.15) is 0 Å². The molecule has 2 aliphatic rings. The molecule has 0 atom stereocenters. The Morgan fingerprint density at radius 2 is 1.73 bits per heavy atom. The monoisotopic (exact) mass is 404 g/mol. The van der Waals surface area contributed by atoms with Crippen molar-refractivity contribution in [3.8, 4) is 0 Å². The third-order valence-corrected chi connectivity index (χ3v) is 5.93. The first kappa shape index (κ1) is 18.9. The van der Waals surface area contributed by atoms with Gasteiger partial charge < -0.3 is 19.4 Å². The largest absolute Gasteiger partial charge is 0.464 e. The van der Waals surface area contributed by atoms with Crippen LogP contribution in [0, 0.1) is 0 Å². The zero-order chi connectivity index (χ0) is 20.5. The van der Waals surface area contributed by atoms with Crippen molar-refractivity contribution in [2.75, 3.05) is 31.6 Å². The standard InChI is InChI=1S/C24H24N2O4/c27-23(14-19-15-30-22-13-18-3-1-2-17(18)12-21(19)22)25-20-6-4-16(5-7-20)24(28)26-8-10-29-11-9-26/h4-7,12-13,15H,1-3,8-11,14H2,(H,25,27). The zero-order valence-electron chi connectivity index (χ0n) is 16.8. The number of ether oxygens (including phenoxy) is 1. The Bertz CT molecular complexity index is 1090. The SMILES string of the molecule is O=C(Cc1coc2cc3c(cc12)CCC3)Nc1ccc(C(=O)N2CCOCC2)cc1. The molecule has 2 heterocycles. The second-order valence-electron chi connectivity index (χ2n) is 7.94. The summed E-state index contributed by atoms with van der Waals surface area (Å²) >= 11 is 0. The number of amides is 2. The number of hydrogen-bond donors (Lipinski definition) is 1. The Morgan fingerprint density at radius 3 is 2.50 bits per heavy atom. The lowest BCUT2D eigenvalue weighted by molar-refractivity contribution is -0.115. The van der Waals surface area contributed by atoms with Crippen LogP contribution < -0.4 is 5.32 Å². The van der Waals surface area contributed by atoms with Gasteiger partial charge in [0.1, 0.15) is 5.58 Å². The minimum atomic E-state index is -0.106. The van der Waals surface area contributed by atoms with Crippen molar-refractivity contribution in [3.63, 3.8) is 0 Å². The Labute approximate surface area is 174 Å². The predicted octanol–water partition coefficient (Wildman–Crippen LogP) is 3.58. The minimum Gasteiger partial charge on any atom is -0.464 e. The summed E-state index contributed by atoms with van der Waals surface area (Å²) in [4.78, 5) is 26.9. The van der Waals surface area contributed by atoms with E-state index in [-0.39, 0.29) is 18.2 Å². The summed E-state index contributed by atoms with van der Waals surface area (Å²) in [5.74, 6) is -0.112. The highest BCUT2D eigenvalue weighted by Crippen LogP contribution is 2.30. The van der Waals surface area contributed by atoms with E-state index in [9.17, 15) is 9.59 Å². The molecule has 0 bridgehead atoms. The van der Waals surface area contributed by atoms with Crippen molar-refractivity contribution in [1.82, 2.24) is 4.90 Å². The van der Waals surface area contributed by atoms with Crippen LogP contribution in [0.15, 0.2) is 47.1 Å². The van der Waals surface area contributed by atoms with E-state index >= 15 is 0 Å². The van der Waals surface area contributed by atoms with E-state index in [1.165, 1.54) is 17.5 Å². The Balaban J connectivity index is 1.24. The van der Waals surface area contributed by atoms with Crippen LogP contribution in [0.5, 0.6) is 0 Å². The van der Waals surface area contributed by atoms with E-state index in [1.807, 2.05) is 0 Å². The Kier molecular flexibility index (Phi) is 5.01. The highest BCUT2D eigenvalue weighted by atomic mass is 16.5. The number of furan rings is 1. The Hall–Kier alpha value is -3.12. The molecule has 6 nitrogen and oxygen atoms in total. The molecule has 2 amide bonds. The number of morpholine rings is 1. The van der Waals surface area contributed by atoms with Crippen LogP contribution in [0.3, 0.4) is 0 Å². The molecule has 0 saturated carbocycles. The van der Waals surface area contributed by atoms with E-state index in [0.29, 0.717) is 37.6 Å². The molecule has 2 aromatic carbocycles. The van der Waals surface area contributed by atoms with E-state index in [2.05, 4.69) is 17.4 Å². The number of fused-ring (bicyclic) bond motifs is 2. The van der Waals surface area contributed by atoms with Gasteiger partial charge in [-0.3, -0.25) is 9.59 Å². The van der Waals surface area contributed by atoms with Crippen LogP contribution in [0.1, 0.15) is 33.5 Å². The van der Waals surface area contributed by atoms with Crippen molar-refractivity contribution >= 4 is 28.5 Å². The summed E-state index contributed by atoms with van der Waals surface area (Å²) in [5.41, 5.74) is 5.77. The third-order valence-electron chi connectivity index (χ3n) is 5.93. The number of hydrogen-bond acceptors (Lipinski definition) is 4. The summed E-state index contributed by atoms with van der Waals surface area (Å²) in [6, 6.07) is 11.3. The normalized spacial score (nSPS) is 15.9. The smallest absolute Gasteiger partial charge is 0.254 e. The van der Waals surface area contributed by atoms with E-state index in [1.54, 1.807) is 35.4 Å². The lowest BCUT2D eigenvalue weighted by Gasteiger charge is -2.26. The average Bonchev–Trinajstić information content (AvgIpc) is 3.39. The molecule has 1 fully saturated rings. The average molecular weight is 404 g/mol. The van der Waals surface area contributed by atoms with Crippen LogP contribution in [0.4, 0.5) is 5.69 Å². The predicted molar refractivity (Wildman–Crippen MR) is 114 cm³/mol. The van der Waals surface area contributed by atoms with E-state index in [0.717, 1.165) is 29.4 Å². The summed E-state index contributed by atoms with van der Waals surface area (Å²) < 4.78 is 11.0. The fourth-order valence-corrected chi connectivity index (χ4v) is 4.31. The first-order valence-corrected chi connectivity index (χ1v) is 10.5. The summed E-state index contributed by atoms with van der Waals surface area (Å²) in [7, 11) is 0. The highest BCUT2D eigenvalue weighted by Gasteiger charge is 2.19. The number of aryl methyl sites for hydroxylation is 2. The molecule has 1 aromatic heterocycles. The number of rotatable bonds is 4. The van der Waals surface area contributed by atoms with Gasteiger partial charge in [-0.25, -0.2) is 0 Å². The lowest BCUT2D eigenvalue weighted by Crippen LogP contribution is -2.40. The van der Waals surface area contributed by atoms with Crippen LogP contribution in [0.2, 0.25) is 0 Å². The van der Waals surface area contributed by atoms with Gasteiger partial charge in [-0.1, -0.05) is 0 Å².